The molecule has 1 aromatic rings. The first-order valence-corrected chi connectivity index (χ1v) is 6.24. The minimum atomic E-state index is 0.490. The van der Waals surface area contributed by atoms with Crippen LogP contribution < -0.4 is 4.90 Å². The van der Waals surface area contributed by atoms with Gasteiger partial charge in [0.1, 0.15) is 12.3 Å². The van der Waals surface area contributed by atoms with Crippen LogP contribution in [0.2, 0.25) is 0 Å². The first-order valence-electron chi connectivity index (χ1n) is 6.24. The number of benzene rings is 1. The molecule has 0 aliphatic carbocycles. The number of piperidine rings is 1. The van der Waals surface area contributed by atoms with Gasteiger partial charge in [0.05, 0.1) is 24.9 Å². The Hall–Kier alpha value is -1.15. The van der Waals surface area contributed by atoms with Crippen molar-refractivity contribution >= 4 is 5.78 Å². The molecule has 3 atom stereocenters. The Bertz CT molecular complexity index is 371. The lowest BCUT2D eigenvalue weighted by atomic mass is 10.0. The van der Waals surface area contributed by atoms with Gasteiger partial charge in [0.25, 0.3) is 0 Å². The maximum atomic E-state index is 11.5. The molecule has 2 aliphatic heterocycles. The van der Waals surface area contributed by atoms with E-state index in [9.17, 15) is 4.79 Å². The molecule has 2 heteroatoms. The van der Waals surface area contributed by atoms with Crippen molar-refractivity contribution in [2.24, 2.45) is 0 Å². The minimum absolute atomic E-state index is 0.490. The van der Waals surface area contributed by atoms with Crippen LogP contribution in [-0.2, 0) is 11.3 Å². The second-order valence-electron chi connectivity index (χ2n) is 5.16. The second kappa shape index (κ2) is 4.02. The Morgan fingerprint density at radius 2 is 1.69 bits per heavy atom. The maximum Gasteiger partial charge on any atom is 0.144 e. The Morgan fingerprint density at radius 1 is 1.06 bits per heavy atom. The fourth-order valence-electron chi connectivity index (χ4n) is 3.33. The first-order chi connectivity index (χ1) is 7.83. The van der Waals surface area contributed by atoms with Gasteiger partial charge >= 0.3 is 0 Å². The van der Waals surface area contributed by atoms with Gasteiger partial charge in [0.15, 0.2) is 0 Å². The number of fused-ring (bicyclic) bond motifs is 2. The van der Waals surface area contributed by atoms with E-state index < -0.39 is 0 Å². The summed E-state index contributed by atoms with van der Waals surface area (Å²) in [4.78, 5) is 13.2. The molecule has 2 aliphatic rings. The van der Waals surface area contributed by atoms with Crippen LogP contribution in [0.25, 0.3) is 0 Å². The molecule has 1 unspecified atom stereocenters. The number of hydrogen-bond donors (Lipinski definition) is 1. The van der Waals surface area contributed by atoms with Gasteiger partial charge in [-0.1, -0.05) is 30.3 Å². The molecule has 2 bridgehead atoms. The van der Waals surface area contributed by atoms with Crippen LogP contribution >= 0.6 is 0 Å². The summed E-state index contributed by atoms with van der Waals surface area (Å²) in [7, 11) is 0. The molecule has 0 amide bonds. The number of quaternary nitrogens is 1. The van der Waals surface area contributed by atoms with Gasteiger partial charge in [-0.25, -0.2) is 0 Å². The van der Waals surface area contributed by atoms with Crippen LogP contribution in [0.1, 0.15) is 31.2 Å². The summed E-state index contributed by atoms with van der Waals surface area (Å²) in [5.41, 5.74) is 1.41. The Labute approximate surface area is 96.3 Å². The van der Waals surface area contributed by atoms with Crippen molar-refractivity contribution in [3.8, 4) is 0 Å². The van der Waals surface area contributed by atoms with Crippen molar-refractivity contribution in [3.63, 3.8) is 0 Å². The van der Waals surface area contributed by atoms with E-state index in [4.69, 9.17) is 0 Å². The molecule has 84 valence electrons. The molecule has 1 aromatic carbocycles. The zero-order valence-electron chi connectivity index (χ0n) is 9.49. The van der Waals surface area contributed by atoms with Gasteiger partial charge in [0, 0.05) is 18.4 Å². The lowest BCUT2D eigenvalue weighted by Crippen LogP contribution is -3.17. The normalized spacial score (nSPS) is 33.0. The minimum Gasteiger partial charge on any atom is -0.326 e. The SMILES string of the molecule is O=C1C[C@H]2CC[C@@H](C1)[NH+]2Cc1ccccc1. The summed E-state index contributed by atoms with van der Waals surface area (Å²) in [5, 5.41) is 0. The van der Waals surface area contributed by atoms with Crippen LogP contribution in [0.15, 0.2) is 30.3 Å². The Kier molecular flexibility index (Phi) is 2.52. The van der Waals surface area contributed by atoms with Crippen molar-refractivity contribution in [3.05, 3.63) is 35.9 Å². The Morgan fingerprint density at radius 3 is 2.31 bits per heavy atom. The largest absolute Gasteiger partial charge is 0.326 e. The molecule has 0 radical (unpaired) electrons. The molecule has 0 spiro atoms. The molecular weight excluding hydrogens is 198 g/mol. The summed E-state index contributed by atoms with van der Waals surface area (Å²) >= 11 is 0. The van der Waals surface area contributed by atoms with Crippen molar-refractivity contribution in [1.29, 1.82) is 0 Å². The van der Waals surface area contributed by atoms with Crippen LogP contribution in [0.3, 0.4) is 0 Å². The van der Waals surface area contributed by atoms with Crippen LogP contribution in [-0.4, -0.2) is 17.9 Å². The van der Waals surface area contributed by atoms with Crippen LogP contribution in [0.5, 0.6) is 0 Å². The van der Waals surface area contributed by atoms with E-state index in [1.54, 1.807) is 4.90 Å². The number of ketones is 1. The highest BCUT2D eigenvalue weighted by Gasteiger charge is 2.43. The second-order valence-corrected chi connectivity index (χ2v) is 5.16. The summed E-state index contributed by atoms with van der Waals surface area (Å²) in [6.07, 6.45) is 4.13. The molecule has 3 rings (SSSR count). The zero-order valence-corrected chi connectivity index (χ0v) is 9.49. The third-order valence-electron chi connectivity index (χ3n) is 4.11. The highest BCUT2D eigenvalue weighted by molar-refractivity contribution is 5.80. The highest BCUT2D eigenvalue weighted by Crippen LogP contribution is 2.20. The highest BCUT2D eigenvalue weighted by atomic mass is 16.1. The third kappa shape index (κ3) is 1.78. The Balaban J connectivity index is 1.75. The number of Topliss-reactive ketones (excluding diaryl/α,β-unsaturated/α-hetero) is 1. The van der Waals surface area contributed by atoms with E-state index >= 15 is 0 Å². The van der Waals surface area contributed by atoms with Gasteiger partial charge in [-0.3, -0.25) is 4.79 Å². The summed E-state index contributed by atoms with van der Waals surface area (Å²) in [6.45, 7) is 1.10. The molecule has 0 saturated carbocycles. The van der Waals surface area contributed by atoms with Gasteiger partial charge in [-0.05, 0) is 0 Å². The van der Waals surface area contributed by atoms with Crippen molar-refractivity contribution in [2.45, 2.75) is 44.3 Å². The first kappa shape index (κ1) is 10.0. The average Bonchev–Trinajstić information content (AvgIpc) is 2.54. The zero-order chi connectivity index (χ0) is 11.0. The molecule has 1 N–H and O–H groups in total. The summed E-state index contributed by atoms with van der Waals surface area (Å²) in [6, 6.07) is 11.9. The van der Waals surface area contributed by atoms with Gasteiger partial charge in [-0.2, -0.15) is 0 Å². The fourth-order valence-corrected chi connectivity index (χ4v) is 3.33. The van der Waals surface area contributed by atoms with Gasteiger partial charge in [0.2, 0.25) is 0 Å². The monoisotopic (exact) mass is 216 g/mol. The number of nitrogens with one attached hydrogen (secondary N) is 1. The molecular formula is C14H18NO+. The lowest BCUT2D eigenvalue weighted by Gasteiger charge is -2.30. The quantitative estimate of drug-likeness (QED) is 0.781. The topological polar surface area (TPSA) is 21.5 Å². The van der Waals surface area contributed by atoms with Gasteiger partial charge < -0.3 is 4.90 Å². The van der Waals surface area contributed by atoms with E-state index in [1.807, 2.05) is 0 Å². The van der Waals surface area contributed by atoms with Crippen molar-refractivity contribution < 1.29 is 9.69 Å². The van der Waals surface area contributed by atoms with Crippen LogP contribution in [0.4, 0.5) is 0 Å². The average molecular weight is 216 g/mol. The van der Waals surface area contributed by atoms with E-state index in [-0.39, 0.29) is 0 Å². The summed E-state index contributed by atoms with van der Waals surface area (Å²) in [5.74, 6) is 0.490. The molecule has 0 aromatic heterocycles. The van der Waals surface area contributed by atoms with E-state index in [2.05, 4.69) is 30.3 Å². The number of hydrogen-bond acceptors (Lipinski definition) is 1. The summed E-state index contributed by atoms with van der Waals surface area (Å²) < 4.78 is 0. The molecule has 2 saturated heterocycles. The van der Waals surface area contributed by atoms with Crippen LogP contribution in [0, 0.1) is 0 Å². The predicted molar refractivity (Wildman–Crippen MR) is 62.2 cm³/mol. The van der Waals surface area contributed by atoms with E-state index in [0.717, 1.165) is 19.4 Å². The smallest absolute Gasteiger partial charge is 0.144 e. The molecule has 2 fully saturated rings. The van der Waals surface area contributed by atoms with E-state index in [1.165, 1.54) is 18.4 Å². The molecule has 2 nitrogen and oxygen atoms in total. The molecule has 16 heavy (non-hydrogen) atoms. The van der Waals surface area contributed by atoms with E-state index in [0.29, 0.717) is 17.9 Å². The van der Waals surface area contributed by atoms with Crippen molar-refractivity contribution in [1.82, 2.24) is 0 Å². The standard InChI is InChI=1S/C14H17NO/c16-14-8-12-6-7-13(9-14)15(12)10-11-4-2-1-3-5-11/h1-5,12-13H,6-10H2/p+1/t12-,13+. The number of carbonyl (C=O) groups is 1. The van der Waals surface area contributed by atoms with Crippen molar-refractivity contribution in [2.75, 3.05) is 0 Å². The fraction of sp³-hybridized carbons (Fsp3) is 0.500. The number of carbonyl (C=O) groups excluding carboxylic acids is 1. The number of rotatable bonds is 2. The lowest BCUT2D eigenvalue weighted by molar-refractivity contribution is -0.950. The predicted octanol–water partition coefficient (Wildman–Crippen LogP) is 0.965. The van der Waals surface area contributed by atoms with Gasteiger partial charge in [-0.15, -0.1) is 0 Å². The maximum absolute atomic E-state index is 11.5. The third-order valence-corrected chi connectivity index (χ3v) is 4.11. The molecule has 2 heterocycles.